The van der Waals surface area contributed by atoms with Crippen LogP contribution in [0.4, 0.5) is 0 Å². The number of nitrogens with one attached hydrogen (secondary N) is 1. The van der Waals surface area contributed by atoms with Gasteiger partial charge >= 0.3 is 0 Å². The molecule has 1 aromatic rings. The third kappa shape index (κ3) is 4.38. The Balaban J connectivity index is 1.72. The van der Waals surface area contributed by atoms with Crippen molar-refractivity contribution in [3.8, 4) is 0 Å². The molecule has 1 saturated carbocycles. The first-order chi connectivity index (χ1) is 8.59. The third-order valence-corrected chi connectivity index (χ3v) is 4.81. The third-order valence-electron chi connectivity index (χ3n) is 3.02. The standard InChI is InChI=1S/C11H20N4O2S/c1-2-18(16,17)7-3-6-15-9-11(13-14-15)8-12-10-4-5-10/h9-10,12H,2-8H2,1H3. The molecule has 2 rings (SSSR count). The van der Waals surface area contributed by atoms with Crippen molar-refractivity contribution in [2.75, 3.05) is 11.5 Å². The number of aromatic nitrogens is 3. The van der Waals surface area contributed by atoms with Crippen molar-refractivity contribution in [1.29, 1.82) is 0 Å². The molecular formula is C11H20N4O2S. The molecule has 1 aromatic heterocycles. The average Bonchev–Trinajstić information content (AvgIpc) is 3.07. The molecule has 6 nitrogen and oxygen atoms in total. The molecule has 0 radical (unpaired) electrons. The van der Waals surface area contributed by atoms with Crippen LogP contribution >= 0.6 is 0 Å². The lowest BCUT2D eigenvalue weighted by molar-refractivity contribution is 0.562. The lowest BCUT2D eigenvalue weighted by atomic mass is 10.4. The van der Waals surface area contributed by atoms with E-state index in [1.54, 1.807) is 11.6 Å². The van der Waals surface area contributed by atoms with Crippen LogP contribution < -0.4 is 5.32 Å². The first-order valence-electron chi connectivity index (χ1n) is 6.42. The molecule has 0 bridgehead atoms. The van der Waals surface area contributed by atoms with Crippen molar-refractivity contribution < 1.29 is 8.42 Å². The van der Waals surface area contributed by atoms with Crippen LogP contribution in [-0.2, 0) is 22.9 Å². The Kier molecular flexibility index (Phi) is 4.34. The summed E-state index contributed by atoms with van der Waals surface area (Å²) in [4.78, 5) is 0. The fraction of sp³-hybridized carbons (Fsp3) is 0.818. The monoisotopic (exact) mass is 272 g/mol. The summed E-state index contributed by atoms with van der Waals surface area (Å²) in [7, 11) is -2.87. The minimum Gasteiger partial charge on any atom is -0.308 e. The molecular weight excluding hydrogens is 252 g/mol. The number of nitrogens with zero attached hydrogens (tertiary/aromatic N) is 3. The van der Waals surface area contributed by atoms with E-state index in [1.807, 2.05) is 6.20 Å². The SMILES string of the molecule is CCS(=O)(=O)CCCn1cc(CNC2CC2)nn1. The second kappa shape index (κ2) is 5.79. The van der Waals surface area contributed by atoms with Crippen molar-refractivity contribution in [2.24, 2.45) is 0 Å². The van der Waals surface area contributed by atoms with E-state index in [1.165, 1.54) is 12.8 Å². The maximum atomic E-state index is 11.3. The minimum absolute atomic E-state index is 0.209. The van der Waals surface area contributed by atoms with Crippen molar-refractivity contribution in [3.05, 3.63) is 11.9 Å². The fourth-order valence-electron chi connectivity index (χ4n) is 1.66. The summed E-state index contributed by atoms with van der Waals surface area (Å²) in [5.74, 6) is 0.430. The Labute approximate surface area is 108 Å². The summed E-state index contributed by atoms with van der Waals surface area (Å²) in [5, 5.41) is 11.4. The highest BCUT2D eigenvalue weighted by Crippen LogP contribution is 2.18. The average molecular weight is 272 g/mol. The number of hydrogen-bond acceptors (Lipinski definition) is 5. The Hall–Kier alpha value is -0.950. The molecule has 1 fully saturated rings. The van der Waals surface area contributed by atoms with Gasteiger partial charge in [-0.15, -0.1) is 5.10 Å². The van der Waals surface area contributed by atoms with E-state index in [0.29, 0.717) is 19.0 Å². The van der Waals surface area contributed by atoms with Crippen LogP contribution in [0.3, 0.4) is 0 Å². The van der Waals surface area contributed by atoms with Crippen molar-refractivity contribution >= 4 is 9.84 Å². The first kappa shape index (κ1) is 13.5. The Morgan fingerprint density at radius 1 is 1.50 bits per heavy atom. The first-order valence-corrected chi connectivity index (χ1v) is 8.24. The summed E-state index contributed by atoms with van der Waals surface area (Å²) in [5.41, 5.74) is 0.917. The van der Waals surface area contributed by atoms with Gasteiger partial charge in [0.05, 0.1) is 11.4 Å². The number of rotatable bonds is 8. The number of hydrogen-bond donors (Lipinski definition) is 1. The molecule has 0 unspecified atom stereocenters. The highest BCUT2D eigenvalue weighted by molar-refractivity contribution is 7.91. The summed E-state index contributed by atoms with van der Waals surface area (Å²) in [6.45, 7) is 3.03. The molecule has 1 aliphatic rings. The molecule has 1 heterocycles. The summed E-state index contributed by atoms with van der Waals surface area (Å²) in [6.07, 6.45) is 4.98. The number of sulfone groups is 1. The van der Waals surface area contributed by atoms with Gasteiger partial charge in [-0.25, -0.2) is 8.42 Å². The normalized spacial score (nSPS) is 16.1. The molecule has 0 aliphatic heterocycles. The highest BCUT2D eigenvalue weighted by Gasteiger charge is 2.20. The van der Waals surface area contributed by atoms with Gasteiger partial charge in [0.15, 0.2) is 0 Å². The van der Waals surface area contributed by atoms with Crippen LogP contribution in [0.1, 0.15) is 31.9 Å². The van der Waals surface area contributed by atoms with Crippen molar-refractivity contribution in [1.82, 2.24) is 20.3 Å². The van der Waals surface area contributed by atoms with Gasteiger partial charge in [-0.05, 0) is 19.3 Å². The molecule has 0 amide bonds. The summed E-state index contributed by atoms with van der Waals surface area (Å²) < 4.78 is 24.4. The van der Waals surface area contributed by atoms with E-state index >= 15 is 0 Å². The van der Waals surface area contributed by atoms with Crippen LogP contribution in [0.2, 0.25) is 0 Å². The van der Waals surface area contributed by atoms with Gasteiger partial charge in [0, 0.05) is 31.1 Å². The zero-order chi connectivity index (χ0) is 13.0. The van der Waals surface area contributed by atoms with Gasteiger partial charge in [0.1, 0.15) is 9.84 Å². The zero-order valence-electron chi connectivity index (χ0n) is 10.7. The number of aryl methyl sites for hydroxylation is 1. The van der Waals surface area contributed by atoms with E-state index in [9.17, 15) is 8.42 Å². The van der Waals surface area contributed by atoms with Gasteiger partial charge in [0.2, 0.25) is 0 Å². The molecule has 1 aliphatic carbocycles. The van der Waals surface area contributed by atoms with Crippen LogP contribution in [0.25, 0.3) is 0 Å². The van der Waals surface area contributed by atoms with E-state index in [2.05, 4.69) is 15.6 Å². The largest absolute Gasteiger partial charge is 0.308 e. The Morgan fingerprint density at radius 3 is 2.94 bits per heavy atom. The quantitative estimate of drug-likeness (QED) is 0.739. The van der Waals surface area contributed by atoms with Crippen molar-refractivity contribution in [3.63, 3.8) is 0 Å². The fourth-order valence-corrected chi connectivity index (χ4v) is 2.51. The smallest absolute Gasteiger partial charge is 0.150 e. The van der Waals surface area contributed by atoms with E-state index < -0.39 is 9.84 Å². The van der Waals surface area contributed by atoms with Gasteiger partial charge < -0.3 is 5.32 Å². The second-order valence-electron chi connectivity index (χ2n) is 4.72. The lowest BCUT2D eigenvalue weighted by Crippen LogP contribution is -2.15. The van der Waals surface area contributed by atoms with Crippen LogP contribution in [0.15, 0.2) is 6.20 Å². The molecule has 7 heteroatoms. The topological polar surface area (TPSA) is 76.9 Å². The Bertz CT molecular complexity index is 479. The molecule has 102 valence electrons. The predicted octanol–water partition coefficient (Wildman–Crippen LogP) is 0.355. The zero-order valence-corrected chi connectivity index (χ0v) is 11.5. The van der Waals surface area contributed by atoms with Crippen LogP contribution in [-0.4, -0.2) is 41.0 Å². The predicted molar refractivity (Wildman–Crippen MR) is 68.8 cm³/mol. The van der Waals surface area contributed by atoms with Crippen molar-refractivity contribution in [2.45, 2.75) is 45.3 Å². The molecule has 0 saturated heterocycles. The highest BCUT2D eigenvalue weighted by atomic mass is 32.2. The van der Waals surface area contributed by atoms with Gasteiger partial charge in [-0.2, -0.15) is 0 Å². The van der Waals surface area contributed by atoms with E-state index in [4.69, 9.17) is 0 Å². The van der Waals surface area contributed by atoms with E-state index in [-0.39, 0.29) is 11.5 Å². The second-order valence-corrected chi connectivity index (χ2v) is 7.19. The Morgan fingerprint density at radius 2 is 2.28 bits per heavy atom. The van der Waals surface area contributed by atoms with Crippen LogP contribution in [0, 0.1) is 0 Å². The summed E-state index contributed by atoms with van der Waals surface area (Å²) >= 11 is 0. The molecule has 1 N–H and O–H groups in total. The van der Waals surface area contributed by atoms with Gasteiger partial charge in [-0.1, -0.05) is 12.1 Å². The minimum atomic E-state index is -2.87. The van der Waals surface area contributed by atoms with E-state index in [0.717, 1.165) is 12.2 Å². The van der Waals surface area contributed by atoms with Crippen LogP contribution in [0.5, 0.6) is 0 Å². The molecule has 0 spiro atoms. The maximum Gasteiger partial charge on any atom is 0.150 e. The lowest BCUT2D eigenvalue weighted by Gasteiger charge is -2.01. The molecule has 0 atom stereocenters. The molecule has 0 aromatic carbocycles. The maximum absolute atomic E-state index is 11.3. The van der Waals surface area contributed by atoms with Gasteiger partial charge in [-0.3, -0.25) is 4.68 Å². The summed E-state index contributed by atoms with van der Waals surface area (Å²) in [6, 6.07) is 0.657. The van der Waals surface area contributed by atoms with Gasteiger partial charge in [0.25, 0.3) is 0 Å². The molecule has 18 heavy (non-hydrogen) atoms.